The number of hydrogen-bond donors (Lipinski definition) is 1. The monoisotopic (exact) mass is 258 g/mol. The zero-order valence-corrected chi connectivity index (χ0v) is 10.0. The third-order valence-corrected chi connectivity index (χ3v) is 2.98. The Balaban J connectivity index is 2.95. The highest BCUT2D eigenvalue weighted by Gasteiger charge is 2.09. The largest absolute Gasteiger partial charge is 0.496 e. The molecule has 1 aromatic carbocycles. The fourth-order valence-electron chi connectivity index (χ4n) is 1.41. The lowest BCUT2D eigenvalue weighted by atomic mass is 9.97. The fraction of sp³-hybridized carbons (Fsp3) is 0.455. The molecule has 0 aliphatic carbocycles. The van der Waals surface area contributed by atoms with Gasteiger partial charge in [-0.05, 0) is 40.0 Å². The first-order chi connectivity index (χ1) is 6.72. The van der Waals surface area contributed by atoms with Gasteiger partial charge in [0, 0.05) is 12.5 Å². The quantitative estimate of drug-likeness (QED) is 0.900. The molecule has 1 aromatic rings. The van der Waals surface area contributed by atoms with E-state index in [1.54, 1.807) is 7.11 Å². The molecule has 2 nitrogen and oxygen atoms in total. The summed E-state index contributed by atoms with van der Waals surface area (Å²) in [5.74, 6) is 1.04. The van der Waals surface area contributed by atoms with E-state index in [1.165, 1.54) is 0 Å². The van der Waals surface area contributed by atoms with Crippen molar-refractivity contribution >= 4 is 15.9 Å². The second-order valence-electron chi connectivity index (χ2n) is 3.18. The Morgan fingerprint density at radius 1 is 1.50 bits per heavy atom. The molecular formula is C11H15BrO2. The van der Waals surface area contributed by atoms with E-state index in [0.29, 0.717) is 0 Å². The Labute approximate surface area is 93.0 Å². The van der Waals surface area contributed by atoms with Gasteiger partial charge in [-0.1, -0.05) is 13.0 Å². The average molecular weight is 259 g/mol. The van der Waals surface area contributed by atoms with Crippen LogP contribution >= 0.6 is 15.9 Å². The van der Waals surface area contributed by atoms with E-state index in [0.717, 1.165) is 22.2 Å². The second kappa shape index (κ2) is 5.37. The molecule has 0 fully saturated rings. The molecule has 1 atom stereocenters. The van der Waals surface area contributed by atoms with Crippen LogP contribution in [0.2, 0.25) is 0 Å². The lowest BCUT2D eigenvalue weighted by Crippen LogP contribution is -2.02. The molecule has 14 heavy (non-hydrogen) atoms. The topological polar surface area (TPSA) is 29.5 Å². The van der Waals surface area contributed by atoms with Crippen LogP contribution in [0.15, 0.2) is 22.7 Å². The third-order valence-electron chi connectivity index (χ3n) is 2.36. The summed E-state index contributed by atoms with van der Waals surface area (Å²) in [6, 6.07) is 5.91. The van der Waals surface area contributed by atoms with Crippen molar-refractivity contribution in [1.29, 1.82) is 0 Å². The normalized spacial score (nSPS) is 12.6. The number of halogens is 1. The molecule has 0 spiro atoms. The van der Waals surface area contributed by atoms with Crippen molar-refractivity contribution in [2.45, 2.75) is 19.3 Å². The van der Waals surface area contributed by atoms with Gasteiger partial charge in [-0.3, -0.25) is 0 Å². The van der Waals surface area contributed by atoms with Crippen LogP contribution in [0.4, 0.5) is 0 Å². The van der Waals surface area contributed by atoms with Crippen molar-refractivity contribution in [3.05, 3.63) is 28.2 Å². The van der Waals surface area contributed by atoms with Gasteiger partial charge in [0.15, 0.2) is 0 Å². The average Bonchev–Trinajstić information content (AvgIpc) is 2.20. The van der Waals surface area contributed by atoms with E-state index in [4.69, 9.17) is 9.84 Å². The molecule has 78 valence electrons. The van der Waals surface area contributed by atoms with Crippen molar-refractivity contribution in [2.24, 2.45) is 0 Å². The van der Waals surface area contributed by atoms with E-state index < -0.39 is 0 Å². The highest BCUT2D eigenvalue weighted by atomic mass is 79.9. The summed E-state index contributed by atoms with van der Waals surface area (Å²) in [5, 5.41) is 9.15. The van der Waals surface area contributed by atoms with E-state index in [2.05, 4.69) is 22.9 Å². The Morgan fingerprint density at radius 2 is 2.21 bits per heavy atom. The zero-order valence-electron chi connectivity index (χ0n) is 8.46. The predicted molar refractivity (Wildman–Crippen MR) is 60.8 cm³/mol. The lowest BCUT2D eigenvalue weighted by Gasteiger charge is -2.13. The highest BCUT2D eigenvalue weighted by Crippen LogP contribution is 2.29. The summed E-state index contributed by atoms with van der Waals surface area (Å²) in [4.78, 5) is 0. The Hall–Kier alpha value is -0.540. The maximum atomic E-state index is 9.15. The van der Waals surface area contributed by atoms with Crippen LogP contribution in [0.5, 0.6) is 5.75 Å². The highest BCUT2D eigenvalue weighted by molar-refractivity contribution is 9.10. The molecule has 0 saturated heterocycles. The molecule has 0 radical (unpaired) electrons. The molecule has 0 bridgehead atoms. The van der Waals surface area contributed by atoms with Crippen LogP contribution in [0.3, 0.4) is 0 Å². The number of hydrogen-bond acceptors (Lipinski definition) is 2. The molecule has 0 aromatic heterocycles. The molecule has 0 amide bonds. The Kier molecular flexibility index (Phi) is 4.42. The molecule has 1 rings (SSSR count). The van der Waals surface area contributed by atoms with Crippen molar-refractivity contribution in [3.63, 3.8) is 0 Å². The number of rotatable bonds is 4. The summed E-state index contributed by atoms with van der Waals surface area (Å²) in [5.41, 5.74) is 1.14. The van der Waals surface area contributed by atoms with Crippen molar-refractivity contribution in [1.82, 2.24) is 0 Å². The number of aliphatic hydroxyl groups is 1. The minimum absolute atomic E-state index is 0.190. The van der Waals surface area contributed by atoms with Gasteiger partial charge in [0.2, 0.25) is 0 Å². The predicted octanol–water partition coefficient (Wildman–Crippen LogP) is 2.94. The zero-order chi connectivity index (χ0) is 10.6. The van der Waals surface area contributed by atoms with Crippen molar-refractivity contribution in [3.8, 4) is 5.75 Å². The van der Waals surface area contributed by atoms with Crippen molar-refractivity contribution in [2.75, 3.05) is 13.7 Å². The van der Waals surface area contributed by atoms with Gasteiger partial charge in [0.25, 0.3) is 0 Å². The summed E-state index contributed by atoms with van der Waals surface area (Å²) in [7, 11) is 1.64. The first-order valence-electron chi connectivity index (χ1n) is 4.67. The smallest absolute Gasteiger partial charge is 0.133 e. The van der Waals surface area contributed by atoms with Gasteiger partial charge in [-0.15, -0.1) is 0 Å². The SMILES string of the molecule is CCC(CO)c1ccc(OC)c(Br)c1. The van der Waals surface area contributed by atoms with Gasteiger partial charge >= 0.3 is 0 Å². The fourth-order valence-corrected chi connectivity index (χ4v) is 1.97. The number of methoxy groups -OCH3 is 1. The maximum absolute atomic E-state index is 9.15. The summed E-state index contributed by atoms with van der Waals surface area (Å²) in [6.45, 7) is 2.26. The van der Waals surface area contributed by atoms with Gasteiger partial charge in [0.1, 0.15) is 5.75 Å². The molecule has 0 aliphatic rings. The standard InChI is InChI=1S/C11H15BrO2/c1-3-8(7-13)9-4-5-11(14-2)10(12)6-9/h4-6,8,13H,3,7H2,1-2H3. The third kappa shape index (κ3) is 2.49. The van der Waals surface area contributed by atoms with Crippen LogP contribution in [-0.2, 0) is 0 Å². The van der Waals surface area contributed by atoms with Gasteiger partial charge < -0.3 is 9.84 Å². The second-order valence-corrected chi connectivity index (χ2v) is 4.04. The molecule has 0 heterocycles. The van der Waals surface area contributed by atoms with Crippen LogP contribution in [0, 0.1) is 0 Å². The number of aliphatic hydroxyl groups excluding tert-OH is 1. The molecule has 0 aliphatic heterocycles. The first kappa shape index (κ1) is 11.5. The van der Waals surface area contributed by atoms with Crippen molar-refractivity contribution < 1.29 is 9.84 Å². The molecule has 0 saturated carbocycles. The Morgan fingerprint density at radius 3 is 2.64 bits per heavy atom. The number of ether oxygens (including phenoxy) is 1. The lowest BCUT2D eigenvalue weighted by molar-refractivity contribution is 0.262. The molecule has 1 N–H and O–H groups in total. The van der Waals surface area contributed by atoms with E-state index >= 15 is 0 Å². The van der Waals surface area contributed by atoms with E-state index in [1.807, 2.05) is 18.2 Å². The molecular weight excluding hydrogens is 244 g/mol. The summed E-state index contributed by atoms with van der Waals surface area (Å²) < 4.78 is 6.07. The van der Waals surface area contributed by atoms with E-state index in [-0.39, 0.29) is 12.5 Å². The maximum Gasteiger partial charge on any atom is 0.133 e. The van der Waals surface area contributed by atoms with E-state index in [9.17, 15) is 0 Å². The summed E-state index contributed by atoms with van der Waals surface area (Å²) in [6.07, 6.45) is 0.940. The minimum Gasteiger partial charge on any atom is -0.496 e. The molecule has 1 unspecified atom stereocenters. The minimum atomic E-state index is 0.190. The van der Waals surface area contributed by atoms with Gasteiger partial charge in [-0.25, -0.2) is 0 Å². The van der Waals surface area contributed by atoms with Crippen LogP contribution in [-0.4, -0.2) is 18.8 Å². The van der Waals surface area contributed by atoms with Gasteiger partial charge in [-0.2, -0.15) is 0 Å². The van der Waals surface area contributed by atoms with Crippen LogP contribution in [0.25, 0.3) is 0 Å². The van der Waals surface area contributed by atoms with Crippen LogP contribution in [0.1, 0.15) is 24.8 Å². The Bertz CT molecular complexity index is 295. The number of benzene rings is 1. The van der Waals surface area contributed by atoms with Gasteiger partial charge in [0.05, 0.1) is 11.6 Å². The van der Waals surface area contributed by atoms with Crippen LogP contribution < -0.4 is 4.74 Å². The molecule has 3 heteroatoms. The first-order valence-corrected chi connectivity index (χ1v) is 5.46. The summed E-state index contributed by atoms with van der Waals surface area (Å²) >= 11 is 3.43.